The van der Waals surface area contributed by atoms with Crippen molar-refractivity contribution in [3.8, 4) is 11.5 Å². The van der Waals surface area contributed by atoms with E-state index in [1.54, 1.807) is 6.92 Å². The largest absolute Gasteiger partial charge is 0.490 e. The molecule has 1 aromatic carbocycles. The van der Waals surface area contributed by atoms with Crippen LogP contribution in [0.2, 0.25) is 0 Å². The highest BCUT2D eigenvalue weighted by molar-refractivity contribution is 9.10. The average Bonchev–Trinajstić information content (AvgIpc) is 2.63. The Balaban J connectivity index is 2.15. The van der Waals surface area contributed by atoms with Gasteiger partial charge < -0.3 is 19.9 Å². The van der Waals surface area contributed by atoms with E-state index in [9.17, 15) is 4.79 Å². The van der Waals surface area contributed by atoms with E-state index in [4.69, 9.17) is 19.9 Å². The zero-order valence-electron chi connectivity index (χ0n) is 15.5. The van der Waals surface area contributed by atoms with Crippen molar-refractivity contribution in [1.29, 1.82) is 0 Å². The molecule has 0 saturated heterocycles. The van der Waals surface area contributed by atoms with Gasteiger partial charge in [-0.1, -0.05) is 27.7 Å². The number of nitrogens with two attached hydrogens (primary N) is 1. The highest BCUT2D eigenvalue weighted by Gasteiger charge is 2.15. The second-order valence-electron chi connectivity index (χ2n) is 5.22. The number of esters is 1. The Morgan fingerprint density at radius 1 is 1.15 bits per heavy atom. The molecule has 2 rings (SSSR count). The number of nitrogen functional groups attached to an aromatic ring is 1. The van der Waals surface area contributed by atoms with E-state index in [0.717, 1.165) is 10.0 Å². The molecule has 1 aromatic heterocycles. The number of carbonyl (C=O) groups is 1. The van der Waals surface area contributed by atoms with Crippen LogP contribution in [-0.2, 0) is 10.5 Å². The molecule has 0 fully saturated rings. The number of aromatic nitrogens is 2. The van der Waals surface area contributed by atoms with Crippen LogP contribution < -0.4 is 15.2 Å². The predicted octanol–water partition coefficient (Wildman–Crippen LogP) is 4.09. The van der Waals surface area contributed by atoms with E-state index in [1.165, 1.54) is 18.0 Å². The summed E-state index contributed by atoms with van der Waals surface area (Å²) in [6.07, 6.45) is 1.39. The van der Waals surface area contributed by atoms with Crippen LogP contribution in [0.3, 0.4) is 0 Å². The summed E-state index contributed by atoms with van der Waals surface area (Å²) in [6, 6.07) is 3.82. The van der Waals surface area contributed by atoms with Crippen LogP contribution >= 0.6 is 27.7 Å². The van der Waals surface area contributed by atoms with Gasteiger partial charge in [-0.3, -0.25) is 0 Å². The molecule has 0 unspecified atom stereocenters. The maximum Gasteiger partial charge on any atom is 0.343 e. The van der Waals surface area contributed by atoms with Crippen molar-refractivity contribution in [2.45, 2.75) is 31.7 Å². The smallest absolute Gasteiger partial charge is 0.343 e. The van der Waals surface area contributed by atoms with Crippen molar-refractivity contribution >= 4 is 39.5 Å². The molecule has 0 radical (unpaired) electrons. The lowest BCUT2D eigenvalue weighted by atomic mass is 10.2. The third-order valence-corrected chi connectivity index (χ3v) is 5.01. The summed E-state index contributed by atoms with van der Waals surface area (Å²) < 4.78 is 17.1. The van der Waals surface area contributed by atoms with Crippen molar-refractivity contribution in [1.82, 2.24) is 9.97 Å². The van der Waals surface area contributed by atoms with E-state index >= 15 is 0 Å². The number of carbonyl (C=O) groups excluding carboxylic acids is 1. The summed E-state index contributed by atoms with van der Waals surface area (Å²) in [5.41, 5.74) is 7.03. The molecule has 146 valence electrons. The van der Waals surface area contributed by atoms with Crippen LogP contribution in [0.1, 0.15) is 36.7 Å². The number of hydrogen-bond acceptors (Lipinski definition) is 8. The fourth-order valence-corrected chi connectivity index (χ4v) is 3.64. The molecule has 0 aliphatic carbocycles. The minimum atomic E-state index is -0.526. The predicted molar refractivity (Wildman–Crippen MR) is 108 cm³/mol. The topological polar surface area (TPSA) is 96.6 Å². The van der Waals surface area contributed by atoms with Gasteiger partial charge in [0.25, 0.3) is 0 Å². The lowest BCUT2D eigenvalue weighted by molar-refractivity contribution is 0.0526. The second-order valence-corrected chi connectivity index (χ2v) is 7.01. The van der Waals surface area contributed by atoms with Gasteiger partial charge in [-0.25, -0.2) is 14.8 Å². The normalized spacial score (nSPS) is 10.5. The van der Waals surface area contributed by atoms with Gasteiger partial charge in [0.1, 0.15) is 11.4 Å². The van der Waals surface area contributed by atoms with E-state index in [-0.39, 0.29) is 18.0 Å². The standard InChI is InChI=1S/C18H22BrN3O4S/c1-4-24-14-7-11(13(19)8-15(14)25-5-2)10-27-18-21-9-12(16(20)22-18)17(23)26-6-3/h7-9H,4-6,10H2,1-3H3,(H2,20,21,22). The number of ether oxygens (including phenoxy) is 3. The molecular formula is C18H22BrN3O4S. The number of halogens is 1. The van der Waals surface area contributed by atoms with Gasteiger partial charge in [0.05, 0.1) is 19.8 Å². The van der Waals surface area contributed by atoms with Crippen molar-refractivity contribution in [3.63, 3.8) is 0 Å². The summed E-state index contributed by atoms with van der Waals surface area (Å²) in [5, 5.41) is 0.472. The van der Waals surface area contributed by atoms with Crippen LogP contribution in [0, 0.1) is 0 Å². The Labute approximate surface area is 171 Å². The van der Waals surface area contributed by atoms with Crippen molar-refractivity contribution < 1.29 is 19.0 Å². The minimum absolute atomic E-state index is 0.103. The highest BCUT2D eigenvalue weighted by Crippen LogP contribution is 2.36. The number of rotatable bonds is 9. The number of hydrogen-bond donors (Lipinski definition) is 1. The molecule has 0 bridgehead atoms. The molecule has 2 N–H and O–H groups in total. The maximum absolute atomic E-state index is 11.8. The van der Waals surface area contributed by atoms with Crippen LogP contribution in [0.4, 0.5) is 5.82 Å². The van der Waals surface area contributed by atoms with Crippen LogP contribution in [0.5, 0.6) is 11.5 Å². The van der Waals surface area contributed by atoms with E-state index in [0.29, 0.717) is 35.6 Å². The lowest BCUT2D eigenvalue weighted by Crippen LogP contribution is -2.10. The third-order valence-electron chi connectivity index (χ3n) is 3.36. The van der Waals surface area contributed by atoms with E-state index in [1.807, 2.05) is 26.0 Å². The Morgan fingerprint density at radius 3 is 2.41 bits per heavy atom. The average molecular weight is 456 g/mol. The molecule has 27 heavy (non-hydrogen) atoms. The first kappa shape index (κ1) is 21.3. The molecule has 1 heterocycles. The zero-order valence-corrected chi connectivity index (χ0v) is 17.9. The first-order valence-corrected chi connectivity index (χ1v) is 10.3. The first-order valence-electron chi connectivity index (χ1n) is 8.50. The van der Waals surface area contributed by atoms with E-state index < -0.39 is 5.97 Å². The summed E-state index contributed by atoms with van der Waals surface area (Å²) >= 11 is 4.96. The molecule has 0 amide bonds. The summed E-state index contributed by atoms with van der Waals surface area (Å²) in [5.74, 6) is 1.55. The minimum Gasteiger partial charge on any atom is -0.490 e. The Kier molecular flexibility index (Phi) is 8.18. The quantitative estimate of drug-likeness (QED) is 0.343. The fraction of sp³-hybridized carbons (Fsp3) is 0.389. The van der Waals surface area contributed by atoms with Gasteiger partial charge >= 0.3 is 5.97 Å². The second kappa shape index (κ2) is 10.4. The summed E-state index contributed by atoms with van der Waals surface area (Å²) in [7, 11) is 0. The number of thioether (sulfide) groups is 1. The van der Waals surface area contributed by atoms with Crippen LogP contribution in [0.25, 0.3) is 0 Å². The SMILES string of the molecule is CCOC(=O)c1cnc(SCc2cc(OCC)c(OCC)cc2Br)nc1N. The fourth-order valence-electron chi connectivity index (χ4n) is 2.18. The van der Waals surface area contributed by atoms with Crippen LogP contribution in [0.15, 0.2) is 28.0 Å². The molecule has 0 aliphatic heterocycles. The Bertz CT molecular complexity index is 804. The first-order chi connectivity index (χ1) is 13.0. The third kappa shape index (κ3) is 5.74. The van der Waals surface area contributed by atoms with Gasteiger partial charge in [-0.15, -0.1) is 0 Å². The molecular weight excluding hydrogens is 434 g/mol. The van der Waals surface area contributed by atoms with Crippen molar-refractivity contribution in [3.05, 3.63) is 33.9 Å². The number of benzene rings is 1. The maximum atomic E-state index is 11.8. The zero-order chi connectivity index (χ0) is 19.8. The van der Waals surface area contributed by atoms with Gasteiger partial charge in [-0.2, -0.15) is 0 Å². The Morgan fingerprint density at radius 2 is 1.81 bits per heavy atom. The molecule has 0 saturated carbocycles. The molecule has 0 aliphatic rings. The Hall–Kier alpha value is -2.00. The molecule has 7 nitrogen and oxygen atoms in total. The van der Waals surface area contributed by atoms with E-state index in [2.05, 4.69) is 25.9 Å². The highest BCUT2D eigenvalue weighted by atomic mass is 79.9. The van der Waals surface area contributed by atoms with Crippen molar-refractivity contribution in [2.75, 3.05) is 25.6 Å². The molecule has 0 spiro atoms. The van der Waals surface area contributed by atoms with Crippen molar-refractivity contribution in [2.24, 2.45) is 0 Å². The monoisotopic (exact) mass is 455 g/mol. The van der Waals surface area contributed by atoms with Gasteiger partial charge in [-0.05, 0) is 38.5 Å². The summed E-state index contributed by atoms with van der Waals surface area (Å²) in [6.45, 7) is 6.94. The molecule has 2 aromatic rings. The summed E-state index contributed by atoms with van der Waals surface area (Å²) in [4.78, 5) is 20.1. The number of anilines is 1. The molecule has 9 heteroatoms. The number of nitrogens with zero attached hydrogens (tertiary/aromatic N) is 2. The van der Waals surface area contributed by atoms with Gasteiger partial charge in [0, 0.05) is 16.4 Å². The van der Waals surface area contributed by atoms with Gasteiger partial charge in [0.2, 0.25) is 0 Å². The molecule has 0 atom stereocenters. The van der Waals surface area contributed by atoms with Gasteiger partial charge in [0.15, 0.2) is 16.7 Å². The lowest BCUT2D eigenvalue weighted by Gasteiger charge is -2.14. The van der Waals surface area contributed by atoms with Crippen LogP contribution in [-0.4, -0.2) is 35.8 Å².